The lowest BCUT2D eigenvalue weighted by Crippen LogP contribution is -2.50. The van der Waals surface area contributed by atoms with E-state index in [0.717, 1.165) is 24.8 Å². The number of sulfonamides is 1. The van der Waals surface area contributed by atoms with Crippen molar-refractivity contribution >= 4 is 28.3 Å². The van der Waals surface area contributed by atoms with Crippen LogP contribution < -0.4 is 5.32 Å². The second-order valence-electron chi connectivity index (χ2n) is 6.42. The number of nitrogens with one attached hydrogen (secondary N) is 1. The lowest BCUT2D eigenvalue weighted by atomic mass is 10.1. The van der Waals surface area contributed by atoms with E-state index in [-0.39, 0.29) is 18.3 Å². The van der Waals surface area contributed by atoms with E-state index in [1.54, 1.807) is 11.0 Å². The summed E-state index contributed by atoms with van der Waals surface area (Å²) in [6, 6.07) is 5.51. The Morgan fingerprint density at radius 1 is 1.12 bits per heavy atom. The van der Waals surface area contributed by atoms with Gasteiger partial charge in [0.15, 0.2) is 0 Å². The first-order valence-electron chi connectivity index (χ1n) is 8.56. The number of amides is 1. The van der Waals surface area contributed by atoms with Gasteiger partial charge in [-0.05, 0) is 49.6 Å². The standard InChI is InChI=1S/C17H25N3O3S.ClH/c1-18-8-7-17(21)19-9-11-20(12-10-19)24(22,23)16-6-5-14-3-2-4-15(14)13-16;/h5-6,13,18H,2-4,7-12H2,1H3;1H. The average Bonchev–Trinajstić information content (AvgIpc) is 3.07. The minimum absolute atomic E-state index is 0. The van der Waals surface area contributed by atoms with Gasteiger partial charge >= 0.3 is 0 Å². The molecule has 1 heterocycles. The Morgan fingerprint density at radius 2 is 1.80 bits per heavy atom. The van der Waals surface area contributed by atoms with E-state index in [2.05, 4.69) is 5.32 Å². The summed E-state index contributed by atoms with van der Waals surface area (Å²) in [4.78, 5) is 14.2. The second-order valence-corrected chi connectivity index (χ2v) is 8.36. The zero-order chi connectivity index (χ0) is 17.2. The summed E-state index contributed by atoms with van der Waals surface area (Å²) in [5, 5.41) is 2.96. The molecular weight excluding hydrogens is 362 g/mol. The maximum Gasteiger partial charge on any atom is 0.243 e. The predicted octanol–water partition coefficient (Wildman–Crippen LogP) is 1.04. The van der Waals surface area contributed by atoms with Crippen molar-refractivity contribution in [2.24, 2.45) is 0 Å². The molecule has 25 heavy (non-hydrogen) atoms. The molecule has 2 aliphatic rings. The molecule has 0 radical (unpaired) electrons. The molecule has 0 bridgehead atoms. The maximum atomic E-state index is 12.8. The van der Waals surface area contributed by atoms with Crippen LogP contribution in [0.4, 0.5) is 0 Å². The third kappa shape index (κ3) is 4.34. The van der Waals surface area contributed by atoms with Crippen molar-refractivity contribution in [2.75, 3.05) is 39.8 Å². The SMILES string of the molecule is CNCCC(=O)N1CCN(S(=O)(=O)c2ccc3c(c2)CCC3)CC1.Cl. The first-order valence-corrected chi connectivity index (χ1v) is 10.0. The number of aryl methyl sites for hydroxylation is 2. The molecule has 1 aliphatic heterocycles. The average molecular weight is 388 g/mol. The van der Waals surface area contributed by atoms with Crippen LogP contribution in [0.3, 0.4) is 0 Å². The van der Waals surface area contributed by atoms with Crippen molar-refractivity contribution in [3.63, 3.8) is 0 Å². The van der Waals surface area contributed by atoms with Crippen LogP contribution in [0.15, 0.2) is 23.1 Å². The Hall–Kier alpha value is -1.15. The molecule has 0 saturated carbocycles. The van der Waals surface area contributed by atoms with Crippen molar-refractivity contribution in [1.29, 1.82) is 0 Å². The largest absolute Gasteiger partial charge is 0.340 e. The molecule has 0 spiro atoms. The van der Waals surface area contributed by atoms with Crippen LogP contribution in [-0.2, 0) is 27.7 Å². The molecule has 0 aromatic heterocycles. The van der Waals surface area contributed by atoms with Crippen molar-refractivity contribution in [1.82, 2.24) is 14.5 Å². The molecule has 0 atom stereocenters. The van der Waals surface area contributed by atoms with Crippen LogP contribution in [0.25, 0.3) is 0 Å². The molecule has 140 valence electrons. The Morgan fingerprint density at radius 3 is 2.48 bits per heavy atom. The fourth-order valence-electron chi connectivity index (χ4n) is 3.43. The van der Waals surface area contributed by atoms with Crippen LogP contribution in [0.5, 0.6) is 0 Å². The lowest BCUT2D eigenvalue weighted by molar-refractivity contribution is -0.132. The third-order valence-corrected chi connectivity index (χ3v) is 6.78. The summed E-state index contributed by atoms with van der Waals surface area (Å²) in [7, 11) is -1.65. The fourth-order valence-corrected chi connectivity index (χ4v) is 4.90. The van der Waals surface area contributed by atoms with Crippen LogP contribution in [0.1, 0.15) is 24.0 Å². The molecule has 8 heteroatoms. The predicted molar refractivity (Wildman–Crippen MR) is 99.6 cm³/mol. The number of carbonyl (C=O) groups is 1. The molecule has 1 N–H and O–H groups in total. The molecule has 6 nitrogen and oxygen atoms in total. The Bertz CT molecular complexity index is 716. The second kappa shape index (κ2) is 8.49. The molecule has 1 aromatic rings. The highest BCUT2D eigenvalue weighted by Gasteiger charge is 2.30. The highest BCUT2D eigenvalue weighted by atomic mass is 35.5. The molecule has 1 aromatic carbocycles. The van der Waals surface area contributed by atoms with Gasteiger partial charge in [0.25, 0.3) is 0 Å². The number of rotatable bonds is 5. The van der Waals surface area contributed by atoms with E-state index in [1.807, 2.05) is 19.2 Å². The first-order chi connectivity index (χ1) is 11.5. The van der Waals surface area contributed by atoms with E-state index < -0.39 is 10.0 Å². The summed E-state index contributed by atoms with van der Waals surface area (Å²) in [6.45, 7) is 2.31. The van der Waals surface area contributed by atoms with E-state index in [4.69, 9.17) is 0 Å². The van der Waals surface area contributed by atoms with E-state index >= 15 is 0 Å². The number of hydrogen-bond acceptors (Lipinski definition) is 4. The third-order valence-electron chi connectivity index (χ3n) is 4.89. The molecule has 0 unspecified atom stereocenters. The zero-order valence-corrected chi connectivity index (χ0v) is 16.2. The number of nitrogens with zero attached hydrogens (tertiary/aromatic N) is 2. The van der Waals surface area contributed by atoms with E-state index in [1.165, 1.54) is 9.87 Å². The Kier molecular flexibility index (Phi) is 6.85. The smallest absolute Gasteiger partial charge is 0.243 e. The highest BCUT2D eigenvalue weighted by Crippen LogP contribution is 2.26. The molecule has 1 saturated heterocycles. The quantitative estimate of drug-likeness (QED) is 0.819. The Labute approximate surface area is 156 Å². The summed E-state index contributed by atoms with van der Waals surface area (Å²) < 4.78 is 27.2. The van der Waals surface area contributed by atoms with Crippen LogP contribution in [0, 0.1) is 0 Å². The lowest BCUT2D eigenvalue weighted by Gasteiger charge is -2.34. The number of benzene rings is 1. The van der Waals surface area contributed by atoms with Gasteiger partial charge in [-0.25, -0.2) is 8.42 Å². The minimum atomic E-state index is -3.47. The summed E-state index contributed by atoms with van der Waals surface area (Å²) in [6.07, 6.45) is 3.57. The summed E-state index contributed by atoms with van der Waals surface area (Å²) in [5.74, 6) is 0.0823. The minimum Gasteiger partial charge on any atom is -0.340 e. The zero-order valence-electron chi connectivity index (χ0n) is 14.5. The fraction of sp³-hybridized carbons (Fsp3) is 0.588. The van der Waals surface area contributed by atoms with Gasteiger partial charge in [0.1, 0.15) is 0 Å². The topological polar surface area (TPSA) is 69.7 Å². The van der Waals surface area contributed by atoms with Gasteiger partial charge < -0.3 is 10.2 Å². The molecule has 1 aliphatic carbocycles. The van der Waals surface area contributed by atoms with Gasteiger partial charge in [-0.3, -0.25) is 4.79 Å². The van der Waals surface area contributed by atoms with Crippen molar-refractivity contribution < 1.29 is 13.2 Å². The van der Waals surface area contributed by atoms with Gasteiger partial charge in [-0.15, -0.1) is 12.4 Å². The number of carbonyl (C=O) groups excluding carboxylic acids is 1. The molecule has 1 amide bonds. The van der Waals surface area contributed by atoms with Gasteiger partial charge in [0.2, 0.25) is 15.9 Å². The highest BCUT2D eigenvalue weighted by molar-refractivity contribution is 7.89. The molecule has 3 rings (SSSR count). The van der Waals surface area contributed by atoms with Gasteiger partial charge in [0.05, 0.1) is 4.90 Å². The van der Waals surface area contributed by atoms with E-state index in [0.29, 0.717) is 44.0 Å². The molecule has 1 fully saturated rings. The van der Waals surface area contributed by atoms with Gasteiger partial charge in [0, 0.05) is 39.1 Å². The van der Waals surface area contributed by atoms with Crippen LogP contribution >= 0.6 is 12.4 Å². The Balaban J connectivity index is 0.00000225. The number of piperazine rings is 1. The normalized spacial score (nSPS) is 17.9. The van der Waals surface area contributed by atoms with Gasteiger partial charge in [-0.2, -0.15) is 4.31 Å². The molecular formula is C17H26ClN3O3S. The maximum absolute atomic E-state index is 12.8. The van der Waals surface area contributed by atoms with E-state index in [9.17, 15) is 13.2 Å². The van der Waals surface area contributed by atoms with Crippen molar-refractivity contribution in [3.8, 4) is 0 Å². The number of fused-ring (bicyclic) bond motifs is 1. The monoisotopic (exact) mass is 387 g/mol. The van der Waals surface area contributed by atoms with Crippen molar-refractivity contribution in [3.05, 3.63) is 29.3 Å². The van der Waals surface area contributed by atoms with Gasteiger partial charge in [-0.1, -0.05) is 6.07 Å². The summed E-state index contributed by atoms with van der Waals surface area (Å²) in [5.41, 5.74) is 2.44. The first kappa shape index (κ1) is 20.2. The number of hydrogen-bond donors (Lipinski definition) is 1. The van der Waals surface area contributed by atoms with Crippen LogP contribution in [-0.4, -0.2) is 63.3 Å². The van der Waals surface area contributed by atoms with Crippen LogP contribution in [0.2, 0.25) is 0 Å². The number of halogens is 1. The van der Waals surface area contributed by atoms with Crippen molar-refractivity contribution in [2.45, 2.75) is 30.6 Å². The summed E-state index contributed by atoms with van der Waals surface area (Å²) >= 11 is 0.